The van der Waals surface area contributed by atoms with Crippen LogP contribution in [0.3, 0.4) is 0 Å². The van der Waals surface area contributed by atoms with Gasteiger partial charge in [-0.05, 0) is 18.9 Å². The van der Waals surface area contributed by atoms with E-state index in [2.05, 4.69) is 0 Å². The van der Waals surface area contributed by atoms with Crippen molar-refractivity contribution in [1.82, 2.24) is 4.90 Å². The van der Waals surface area contributed by atoms with Crippen molar-refractivity contribution in [3.8, 4) is 0 Å². The lowest BCUT2D eigenvalue weighted by Crippen LogP contribution is -2.38. The number of non-ortho nitro benzene ring substituents is 1. The number of hydrogen-bond acceptors (Lipinski definition) is 4. The monoisotopic (exact) mass is 289 g/mol. The summed E-state index contributed by atoms with van der Waals surface area (Å²) in [7, 11) is 0. The van der Waals surface area contributed by atoms with Crippen LogP contribution in [0.1, 0.15) is 25.7 Å². The van der Waals surface area contributed by atoms with E-state index in [9.17, 15) is 19.7 Å². The molecule has 3 rings (SSSR count). The van der Waals surface area contributed by atoms with E-state index < -0.39 is 4.92 Å². The highest BCUT2D eigenvalue weighted by atomic mass is 16.6. The van der Waals surface area contributed by atoms with Crippen LogP contribution in [0, 0.1) is 10.1 Å². The van der Waals surface area contributed by atoms with Gasteiger partial charge in [-0.25, -0.2) is 9.69 Å². The molecular formula is C14H15N3O4. The van der Waals surface area contributed by atoms with Crippen LogP contribution in [0.4, 0.5) is 16.2 Å². The van der Waals surface area contributed by atoms with Gasteiger partial charge in [0.05, 0.1) is 10.6 Å². The van der Waals surface area contributed by atoms with Gasteiger partial charge < -0.3 is 4.90 Å². The topological polar surface area (TPSA) is 83.8 Å². The van der Waals surface area contributed by atoms with E-state index in [0.29, 0.717) is 0 Å². The molecule has 2 fully saturated rings. The quantitative estimate of drug-likeness (QED) is 0.485. The van der Waals surface area contributed by atoms with Crippen LogP contribution in [-0.2, 0) is 4.79 Å². The highest BCUT2D eigenvalue weighted by Crippen LogP contribution is 2.30. The molecule has 0 N–H and O–H groups in total. The third-order valence-electron chi connectivity index (χ3n) is 4.06. The summed E-state index contributed by atoms with van der Waals surface area (Å²) in [5, 5.41) is 10.8. The third kappa shape index (κ3) is 2.35. The average Bonchev–Trinajstić information content (AvgIpc) is 3.07. The third-order valence-corrected chi connectivity index (χ3v) is 4.06. The van der Waals surface area contributed by atoms with Crippen LogP contribution >= 0.6 is 0 Å². The van der Waals surface area contributed by atoms with Gasteiger partial charge in [0.2, 0.25) is 0 Å². The minimum absolute atomic E-state index is 0.0617. The Kier molecular flexibility index (Phi) is 3.32. The van der Waals surface area contributed by atoms with Gasteiger partial charge in [-0.1, -0.05) is 18.9 Å². The number of carbonyl (C=O) groups excluding carboxylic acids is 2. The summed E-state index contributed by atoms with van der Waals surface area (Å²) < 4.78 is 0. The molecule has 0 spiro atoms. The molecule has 1 saturated heterocycles. The molecule has 1 aliphatic carbocycles. The van der Waals surface area contributed by atoms with Crippen molar-refractivity contribution in [1.29, 1.82) is 0 Å². The van der Waals surface area contributed by atoms with Crippen molar-refractivity contribution in [2.45, 2.75) is 31.7 Å². The predicted molar refractivity (Wildman–Crippen MR) is 74.9 cm³/mol. The molecular weight excluding hydrogens is 274 g/mol. The van der Waals surface area contributed by atoms with Gasteiger partial charge in [-0.15, -0.1) is 0 Å². The first-order valence-corrected chi connectivity index (χ1v) is 6.96. The SMILES string of the molecule is O=C1CN(C2CCCC2)C(=O)N1c1cccc([N+](=O)[O-])c1. The Morgan fingerprint density at radius 1 is 1.19 bits per heavy atom. The Hall–Kier alpha value is -2.44. The van der Waals surface area contributed by atoms with Crippen molar-refractivity contribution < 1.29 is 14.5 Å². The van der Waals surface area contributed by atoms with Gasteiger partial charge in [0.25, 0.3) is 11.6 Å². The molecule has 1 saturated carbocycles. The van der Waals surface area contributed by atoms with Crippen molar-refractivity contribution in [2.75, 3.05) is 11.4 Å². The summed E-state index contributed by atoms with van der Waals surface area (Å²) >= 11 is 0. The number of imide groups is 1. The van der Waals surface area contributed by atoms with Gasteiger partial charge in [0, 0.05) is 18.2 Å². The molecule has 7 nitrogen and oxygen atoms in total. The van der Waals surface area contributed by atoms with Crippen molar-refractivity contribution in [3.63, 3.8) is 0 Å². The fourth-order valence-electron chi connectivity index (χ4n) is 3.02. The summed E-state index contributed by atoms with van der Waals surface area (Å²) in [6.07, 6.45) is 3.97. The first-order valence-electron chi connectivity index (χ1n) is 6.96. The van der Waals surface area contributed by atoms with E-state index >= 15 is 0 Å². The maximum absolute atomic E-state index is 12.4. The zero-order valence-electron chi connectivity index (χ0n) is 11.4. The van der Waals surface area contributed by atoms with Crippen LogP contribution < -0.4 is 4.90 Å². The van der Waals surface area contributed by atoms with Crippen LogP contribution in [-0.4, -0.2) is 34.3 Å². The normalized spacial score (nSPS) is 19.6. The fraction of sp³-hybridized carbons (Fsp3) is 0.429. The first-order chi connectivity index (χ1) is 10.1. The molecule has 2 aliphatic rings. The number of anilines is 1. The predicted octanol–water partition coefficient (Wildman–Crippen LogP) is 2.31. The molecule has 1 aromatic carbocycles. The second-order valence-corrected chi connectivity index (χ2v) is 5.35. The number of carbonyl (C=O) groups is 2. The highest BCUT2D eigenvalue weighted by Gasteiger charge is 2.41. The van der Waals surface area contributed by atoms with Crippen molar-refractivity contribution in [3.05, 3.63) is 34.4 Å². The Balaban J connectivity index is 1.88. The lowest BCUT2D eigenvalue weighted by atomic mass is 10.2. The number of benzene rings is 1. The number of nitro groups is 1. The number of hydrogen-bond donors (Lipinski definition) is 0. The first kappa shape index (κ1) is 13.5. The molecule has 0 bridgehead atoms. The molecule has 0 radical (unpaired) electrons. The summed E-state index contributed by atoms with van der Waals surface area (Å²) in [5.74, 6) is -0.326. The standard InChI is InChI=1S/C14H15N3O4/c18-13-9-15(10-4-1-2-5-10)14(19)16(13)11-6-3-7-12(8-11)17(20)21/h3,6-8,10H,1-2,4-5,9H2. The summed E-state index contributed by atoms with van der Waals surface area (Å²) in [4.78, 5) is 37.5. The molecule has 3 amide bonds. The zero-order chi connectivity index (χ0) is 15.0. The number of rotatable bonds is 3. The number of amides is 3. The Morgan fingerprint density at radius 3 is 2.57 bits per heavy atom. The van der Waals surface area contributed by atoms with Gasteiger partial charge in [0.1, 0.15) is 6.54 Å². The molecule has 1 heterocycles. The van der Waals surface area contributed by atoms with Crippen LogP contribution in [0.25, 0.3) is 0 Å². The van der Waals surface area contributed by atoms with Gasteiger partial charge in [-0.2, -0.15) is 0 Å². The van der Waals surface area contributed by atoms with E-state index in [4.69, 9.17) is 0 Å². The van der Waals surface area contributed by atoms with E-state index in [1.807, 2.05) is 0 Å². The molecule has 0 atom stereocenters. The summed E-state index contributed by atoms with van der Waals surface area (Å²) in [5.41, 5.74) is 0.132. The van der Waals surface area contributed by atoms with Crippen molar-refractivity contribution >= 4 is 23.3 Å². The lowest BCUT2D eigenvalue weighted by molar-refractivity contribution is -0.384. The van der Waals surface area contributed by atoms with E-state index in [0.717, 1.165) is 30.6 Å². The largest absolute Gasteiger partial charge is 0.332 e. The van der Waals surface area contributed by atoms with Crippen molar-refractivity contribution in [2.24, 2.45) is 0 Å². The van der Waals surface area contributed by atoms with E-state index in [1.54, 1.807) is 11.0 Å². The molecule has 0 unspecified atom stereocenters. The average molecular weight is 289 g/mol. The Labute approximate surface area is 121 Å². The van der Waals surface area contributed by atoms with Crippen LogP contribution in [0.2, 0.25) is 0 Å². The fourth-order valence-corrected chi connectivity index (χ4v) is 3.02. The van der Waals surface area contributed by atoms with E-state index in [-0.39, 0.29) is 35.9 Å². The zero-order valence-corrected chi connectivity index (χ0v) is 11.4. The molecule has 0 aromatic heterocycles. The van der Waals surface area contributed by atoms with Crippen LogP contribution in [0.5, 0.6) is 0 Å². The smallest absolute Gasteiger partial charge is 0.312 e. The molecule has 21 heavy (non-hydrogen) atoms. The lowest BCUT2D eigenvalue weighted by Gasteiger charge is -2.22. The number of nitrogens with zero attached hydrogens (tertiary/aromatic N) is 3. The minimum Gasteiger partial charge on any atom is -0.312 e. The molecule has 110 valence electrons. The van der Waals surface area contributed by atoms with Gasteiger partial charge >= 0.3 is 6.03 Å². The van der Waals surface area contributed by atoms with Gasteiger partial charge in [-0.3, -0.25) is 14.9 Å². The molecule has 1 aromatic rings. The second kappa shape index (κ2) is 5.16. The molecule has 1 aliphatic heterocycles. The van der Waals surface area contributed by atoms with Crippen LogP contribution in [0.15, 0.2) is 24.3 Å². The summed E-state index contributed by atoms with van der Waals surface area (Å²) in [6, 6.07) is 5.36. The van der Waals surface area contributed by atoms with E-state index in [1.165, 1.54) is 18.2 Å². The maximum atomic E-state index is 12.4. The molecule has 7 heteroatoms. The van der Waals surface area contributed by atoms with Gasteiger partial charge in [0.15, 0.2) is 0 Å². The second-order valence-electron chi connectivity index (χ2n) is 5.35. The Bertz CT molecular complexity index is 610. The number of urea groups is 1. The highest BCUT2D eigenvalue weighted by molar-refractivity contribution is 6.20. The maximum Gasteiger partial charge on any atom is 0.332 e. The minimum atomic E-state index is -0.538. The summed E-state index contributed by atoms with van der Waals surface area (Å²) in [6.45, 7) is 0.0617. The number of nitro benzene ring substituents is 1. The Morgan fingerprint density at radius 2 is 1.90 bits per heavy atom.